The zero-order valence-electron chi connectivity index (χ0n) is 14.9. The van der Waals surface area contributed by atoms with Gasteiger partial charge in [-0.3, -0.25) is 4.79 Å². The Balaban J connectivity index is 2.19. The summed E-state index contributed by atoms with van der Waals surface area (Å²) >= 11 is 0. The minimum absolute atomic E-state index is 0.139. The monoisotopic (exact) mass is 369 g/mol. The Kier molecular flexibility index (Phi) is 7.37. The molecule has 8 heteroatoms. The summed E-state index contributed by atoms with van der Waals surface area (Å²) in [7, 11) is -2.16. The van der Waals surface area contributed by atoms with Crippen LogP contribution in [-0.2, 0) is 19.6 Å². The van der Waals surface area contributed by atoms with Gasteiger partial charge in [-0.25, -0.2) is 8.42 Å². The molecule has 0 saturated carbocycles. The minimum atomic E-state index is -3.73. The van der Waals surface area contributed by atoms with E-state index in [2.05, 4.69) is 5.32 Å². The molecule has 25 heavy (non-hydrogen) atoms. The van der Waals surface area contributed by atoms with Crippen LogP contribution in [0.3, 0.4) is 0 Å². The number of methoxy groups -OCH3 is 1. The molecule has 1 aromatic carbocycles. The Morgan fingerprint density at radius 2 is 1.96 bits per heavy atom. The van der Waals surface area contributed by atoms with Crippen LogP contribution in [0.2, 0.25) is 0 Å². The highest BCUT2D eigenvalue weighted by Gasteiger charge is 2.29. The van der Waals surface area contributed by atoms with Crippen molar-refractivity contribution < 1.29 is 17.9 Å². The highest BCUT2D eigenvalue weighted by molar-refractivity contribution is 7.89. The van der Waals surface area contributed by atoms with Crippen molar-refractivity contribution in [3.05, 3.63) is 29.8 Å². The third-order valence-corrected chi connectivity index (χ3v) is 6.25. The molecule has 0 spiro atoms. The first-order chi connectivity index (χ1) is 12.0. The third-order valence-electron chi connectivity index (χ3n) is 4.25. The van der Waals surface area contributed by atoms with E-state index in [0.717, 1.165) is 13.1 Å². The largest absolute Gasteiger partial charge is 0.385 e. The van der Waals surface area contributed by atoms with Crippen molar-refractivity contribution in [2.24, 2.45) is 0 Å². The minimum Gasteiger partial charge on any atom is -0.385 e. The molecule has 0 radical (unpaired) electrons. The van der Waals surface area contributed by atoms with Crippen molar-refractivity contribution in [2.45, 2.75) is 18.2 Å². The zero-order valence-corrected chi connectivity index (χ0v) is 15.7. The summed E-state index contributed by atoms with van der Waals surface area (Å²) in [6, 6.07) is 6.85. The second kappa shape index (κ2) is 9.28. The van der Waals surface area contributed by atoms with E-state index < -0.39 is 10.0 Å². The summed E-state index contributed by atoms with van der Waals surface area (Å²) in [5, 5.41) is 3.19. The number of nitrogens with one attached hydrogen (secondary N) is 1. The number of aryl methyl sites for hydroxylation is 1. The van der Waals surface area contributed by atoms with E-state index in [1.807, 2.05) is 0 Å². The summed E-state index contributed by atoms with van der Waals surface area (Å²) < 4.78 is 32.4. The predicted octanol–water partition coefficient (Wildman–Crippen LogP) is 0.454. The smallest absolute Gasteiger partial charge is 0.243 e. The Morgan fingerprint density at radius 3 is 2.60 bits per heavy atom. The molecule has 1 aromatic rings. The number of sulfonamides is 1. The molecule has 0 unspecified atom stereocenters. The molecule has 2 rings (SSSR count). The van der Waals surface area contributed by atoms with Gasteiger partial charge in [-0.1, -0.05) is 18.2 Å². The highest BCUT2D eigenvalue weighted by atomic mass is 32.2. The molecule has 1 aliphatic rings. The molecule has 1 heterocycles. The van der Waals surface area contributed by atoms with Gasteiger partial charge in [0.15, 0.2) is 0 Å². The van der Waals surface area contributed by atoms with Gasteiger partial charge < -0.3 is 15.0 Å². The lowest BCUT2D eigenvalue weighted by molar-refractivity contribution is -0.132. The topological polar surface area (TPSA) is 79.0 Å². The van der Waals surface area contributed by atoms with Crippen LogP contribution in [-0.4, -0.2) is 76.5 Å². The third kappa shape index (κ3) is 5.24. The Labute approximate surface area is 150 Å². The van der Waals surface area contributed by atoms with E-state index in [1.54, 1.807) is 43.2 Å². The SMILES string of the molecule is COCCCN(CC(=O)N1CCNCC1)S(=O)(=O)c1ccccc1C. The maximum Gasteiger partial charge on any atom is 0.243 e. The number of benzene rings is 1. The van der Waals surface area contributed by atoms with Crippen LogP contribution in [0.4, 0.5) is 0 Å². The van der Waals surface area contributed by atoms with Crippen molar-refractivity contribution in [1.82, 2.24) is 14.5 Å². The lowest BCUT2D eigenvalue weighted by Gasteiger charge is -2.30. The van der Waals surface area contributed by atoms with Gasteiger partial charge >= 0.3 is 0 Å². The molecule has 1 saturated heterocycles. The molecule has 0 bridgehead atoms. The molecule has 0 aliphatic carbocycles. The number of hydrogen-bond donors (Lipinski definition) is 1. The van der Waals surface area contributed by atoms with Gasteiger partial charge in [0, 0.05) is 46.4 Å². The van der Waals surface area contributed by atoms with Gasteiger partial charge in [-0.2, -0.15) is 4.31 Å². The maximum absolute atomic E-state index is 13.1. The van der Waals surface area contributed by atoms with Gasteiger partial charge in [-0.05, 0) is 25.0 Å². The van der Waals surface area contributed by atoms with Crippen LogP contribution in [0.5, 0.6) is 0 Å². The summed E-state index contributed by atoms with van der Waals surface area (Å²) in [6.45, 7) is 5.01. The van der Waals surface area contributed by atoms with Gasteiger partial charge in [0.25, 0.3) is 0 Å². The molecule has 7 nitrogen and oxygen atoms in total. The lowest BCUT2D eigenvalue weighted by atomic mass is 10.2. The van der Waals surface area contributed by atoms with Crippen molar-refractivity contribution in [2.75, 3.05) is 53.0 Å². The number of amides is 1. The maximum atomic E-state index is 13.1. The normalized spacial score (nSPS) is 15.6. The first-order valence-electron chi connectivity index (χ1n) is 8.50. The number of carbonyl (C=O) groups is 1. The Bertz CT molecular complexity index is 672. The lowest BCUT2D eigenvalue weighted by Crippen LogP contribution is -2.50. The molecule has 0 aromatic heterocycles. The molecule has 1 fully saturated rings. The van der Waals surface area contributed by atoms with E-state index in [-0.39, 0.29) is 23.9 Å². The molecule has 1 amide bonds. The summed E-state index contributed by atoms with van der Waals surface area (Å²) in [5.74, 6) is -0.156. The van der Waals surface area contributed by atoms with Gasteiger partial charge in [0.05, 0.1) is 11.4 Å². The Morgan fingerprint density at radius 1 is 1.28 bits per heavy atom. The average molecular weight is 369 g/mol. The van der Waals surface area contributed by atoms with Crippen LogP contribution in [0.25, 0.3) is 0 Å². The van der Waals surface area contributed by atoms with Crippen LogP contribution < -0.4 is 5.32 Å². The van der Waals surface area contributed by atoms with Crippen LogP contribution in [0, 0.1) is 6.92 Å². The van der Waals surface area contributed by atoms with Crippen molar-refractivity contribution >= 4 is 15.9 Å². The van der Waals surface area contributed by atoms with Gasteiger partial charge in [0.1, 0.15) is 0 Å². The number of hydrogen-bond acceptors (Lipinski definition) is 5. The number of ether oxygens (including phenoxy) is 1. The molecule has 1 aliphatic heterocycles. The number of rotatable bonds is 8. The fourth-order valence-corrected chi connectivity index (χ4v) is 4.47. The summed E-state index contributed by atoms with van der Waals surface area (Å²) in [4.78, 5) is 14.5. The van der Waals surface area contributed by atoms with Crippen molar-refractivity contribution in [3.8, 4) is 0 Å². The van der Waals surface area contributed by atoms with E-state index in [4.69, 9.17) is 4.74 Å². The molecular weight excluding hydrogens is 342 g/mol. The fraction of sp³-hybridized carbons (Fsp3) is 0.588. The zero-order chi connectivity index (χ0) is 18.3. The number of nitrogens with zero attached hydrogens (tertiary/aromatic N) is 2. The molecule has 1 N–H and O–H groups in total. The number of piperazine rings is 1. The van der Waals surface area contributed by atoms with E-state index in [9.17, 15) is 13.2 Å². The standard InChI is InChI=1S/C17H27N3O4S/c1-15-6-3-4-7-16(15)25(22,23)20(10-5-13-24-2)14-17(21)19-11-8-18-9-12-19/h3-4,6-7,18H,5,8-14H2,1-2H3. The summed E-state index contributed by atoms with van der Waals surface area (Å²) in [5.41, 5.74) is 0.675. The highest BCUT2D eigenvalue weighted by Crippen LogP contribution is 2.20. The van der Waals surface area contributed by atoms with E-state index in [0.29, 0.717) is 31.7 Å². The average Bonchev–Trinajstić information content (AvgIpc) is 2.61. The van der Waals surface area contributed by atoms with Gasteiger partial charge in [-0.15, -0.1) is 0 Å². The van der Waals surface area contributed by atoms with Crippen LogP contribution >= 0.6 is 0 Å². The Hall–Kier alpha value is -1.48. The molecule has 0 atom stereocenters. The quantitative estimate of drug-likeness (QED) is 0.674. The number of carbonyl (C=O) groups excluding carboxylic acids is 1. The van der Waals surface area contributed by atoms with E-state index >= 15 is 0 Å². The summed E-state index contributed by atoms with van der Waals surface area (Å²) in [6.07, 6.45) is 0.538. The first-order valence-corrected chi connectivity index (χ1v) is 9.94. The van der Waals surface area contributed by atoms with Gasteiger partial charge in [0.2, 0.25) is 15.9 Å². The molecule has 140 valence electrons. The van der Waals surface area contributed by atoms with Crippen molar-refractivity contribution in [1.29, 1.82) is 0 Å². The second-order valence-electron chi connectivity index (χ2n) is 6.08. The second-order valence-corrected chi connectivity index (χ2v) is 7.99. The predicted molar refractivity (Wildman–Crippen MR) is 95.9 cm³/mol. The van der Waals surface area contributed by atoms with Crippen LogP contribution in [0.1, 0.15) is 12.0 Å². The van der Waals surface area contributed by atoms with E-state index in [1.165, 1.54) is 4.31 Å². The van der Waals surface area contributed by atoms with Crippen LogP contribution in [0.15, 0.2) is 29.2 Å². The molecular formula is C17H27N3O4S. The first kappa shape index (κ1) is 19.8. The fourth-order valence-electron chi connectivity index (χ4n) is 2.82. The van der Waals surface area contributed by atoms with Crippen molar-refractivity contribution in [3.63, 3.8) is 0 Å².